The van der Waals surface area contributed by atoms with Crippen LogP contribution in [0, 0.1) is 0 Å². The number of aryl methyl sites for hydroxylation is 1. The van der Waals surface area contributed by atoms with Crippen LogP contribution in [0.25, 0.3) is 0 Å². The van der Waals surface area contributed by atoms with Crippen molar-refractivity contribution in [1.29, 1.82) is 0 Å². The summed E-state index contributed by atoms with van der Waals surface area (Å²) in [5.41, 5.74) is -0.0145. The van der Waals surface area contributed by atoms with E-state index in [1.165, 1.54) is 17.8 Å². The standard InChI is InChI=1S/C11H15N3O6S/c1-13-5-7(21(12,19)20)3-8(13)10(16)14-4-6(15)2-9(14)11(17)18/h3,5-6,9,15H,2,4H2,1H3,(H,17,18)(H2,12,19,20)/t6-,9-/m1/s1. The van der Waals surface area contributed by atoms with Gasteiger partial charge in [-0.25, -0.2) is 18.4 Å². The number of β-amino-alcohol motifs (C(OH)–C–C–N with tert-alkyl or cyclic N) is 1. The zero-order chi connectivity index (χ0) is 15.9. The zero-order valence-electron chi connectivity index (χ0n) is 11.1. The van der Waals surface area contributed by atoms with E-state index in [4.69, 9.17) is 10.2 Å². The summed E-state index contributed by atoms with van der Waals surface area (Å²) in [6.45, 7) is -0.119. The molecule has 1 aliphatic heterocycles. The summed E-state index contributed by atoms with van der Waals surface area (Å²) in [4.78, 5) is 24.3. The second-order valence-corrected chi connectivity index (χ2v) is 6.48. The minimum absolute atomic E-state index is 0.0145. The van der Waals surface area contributed by atoms with Gasteiger partial charge in [0, 0.05) is 26.2 Å². The number of likely N-dealkylation sites (tertiary alicyclic amines) is 1. The Bertz CT molecular complexity index is 695. The number of carboxylic acids is 1. The molecule has 116 valence electrons. The second-order valence-electron chi connectivity index (χ2n) is 4.92. The molecule has 2 atom stereocenters. The number of aliphatic hydroxyl groups is 1. The fourth-order valence-corrected chi connectivity index (χ4v) is 2.90. The monoisotopic (exact) mass is 317 g/mol. The van der Waals surface area contributed by atoms with Crippen LogP contribution in [0.4, 0.5) is 0 Å². The van der Waals surface area contributed by atoms with Crippen LogP contribution >= 0.6 is 0 Å². The van der Waals surface area contributed by atoms with E-state index >= 15 is 0 Å². The minimum Gasteiger partial charge on any atom is -0.480 e. The first-order valence-electron chi connectivity index (χ1n) is 6.02. The van der Waals surface area contributed by atoms with Gasteiger partial charge in [-0.2, -0.15) is 0 Å². The minimum atomic E-state index is -3.96. The Balaban J connectivity index is 2.36. The van der Waals surface area contributed by atoms with Crippen LogP contribution in [0.3, 0.4) is 0 Å². The number of carbonyl (C=O) groups excluding carboxylic acids is 1. The summed E-state index contributed by atoms with van der Waals surface area (Å²) in [5, 5.41) is 23.6. The summed E-state index contributed by atoms with van der Waals surface area (Å²) in [6, 6.07) is -0.0540. The molecule has 0 saturated carbocycles. The molecule has 1 aromatic heterocycles. The first kappa shape index (κ1) is 15.5. The highest BCUT2D eigenvalue weighted by molar-refractivity contribution is 7.89. The molecule has 1 aromatic rings. The number of aromatic nitrogens is 1. The maximum Gasteiger partial charge on any atom is 0.326 e. The van der Waals surface area contributed by atoms with E-state index in [0.29, 0.717) is 0 Å². The highest BCUT2D eigenvalue weighted by Crippen LogP contribution is 2.22. The van der Waals surface area contributed by atoms with Crippen molar-refractivity contribution in [2.45, 2.75) is 23.5 Å². The highest BCUT2D eigenvalue weighted by atomic mass is 32.2. The average Bonchev–Trinajstić information content (AvgIpc) is 2.91. The van der Waals surface area contributed by atoms with Crippen molar-refractivity contribution < 1.29 is 28.2 Å². The first-order valence-corrected chi connectivity index (χ1v) is 7.57. The fraction of sp³-hybridized carbons (Fsp3) is 0.455. The van der Waals surface area contributed by atoms with Gasteiger partial charge in [0.1, 0.15) is 16.6 Å². The van der Waals surface area contributed by atoms with E-state index in [-0.39, 0.29) is 23.6 Å². The van der Waals surface area contributed by atoms with Gasteiger partial charge in [-0.15, -0.1) is 0 Å². The SMILES string of the molecule is Cn1cc(S(N)(=O)=O)cc1C(=O)N1C[C@H](O)C[C@@H]1C(=O)O. The molecule has 0 spiro atoms. The van der Waals surface area contributed by atoms with Crippen LogP contribution in [0.5, 0.6) is 0 Å². The molecule has 21 heavy (non-hydrogen) atoms. The number of hydrogen-bond acceptors (Lipinski definition) is 5. The Morgan fingerprint density at radius 3 is 2.52 bits per heavy atom. The largest absolute Gasteiger partial charge is 0.480 e. The van der Waals surface area contributed by atoms with Gasteiger partial charge in [0.25, 0.3) is 5.91 Å². The summed E-state index contributed by atoms with van der Waals surface area (Å²) in [5.74, 6) is -1.89. The molecule has 10 heteroatoms. The van der Waals surface area contributed by atoms with Crippen molar-refractivity contribution in [3.63, 3.8) is 0 Å². The van der Waals surface area contributed by atoms with Crippen LogP contribution in [0.1, 0.15) is 16.9 Å². The predicted molar refractivity (Wildman–Crippen MR) is 69.9 cm³/mol. The van der Waals surface area contributed by atoms with Crippen LogP contribution in [0.2, 0.25) is 0 Å². The van der Waals surface area contributed by atoms with Crippen molar-refractivity contribution >= 4 is 21.9 Å². The van der Waals surface area contributed by atoms with Crippen molar-refractivity contribution in [3.05, 3.63) is 18.0 Å². The van der Waals surface area contributed by atoms with Crippen LogP contribution in [0.15, 0.2) is 17.2 Å². The molecule has 1 fully saturated rings. The molecule has 0 aliphatic carbocycles. The summed E-state index contributed by atoms with van der Waals surface area (Å²) in [6.07, 6.45) is 0.186. The molecule has 0 unspecified atom stereocenters. The molecule has 2 heterocycles. The number of nitrogens with two attached hydrogens (primary N) is 1. The number of carboxylic acid groups (broad SMARTS) is 1. The van der Waals surface area contributed by atoms with Gasteiger partial charge in [-0.05, 0) is 6.07 Å². The molecule has 4 N–H and O–H groups in total. The van der Waals surface area contributed by atoms with E-state index in [0.717, 1.165) is 11.0 Å². The fourth-order valence-electron chi connectivity index (χ4n) is 2.32. The molecule has 1 aliphatic rings. The Labute approximate surface area is 120 Å². The Morgan fingerprint density at radius 2 is 2.05 bits per heavy atom. The lowest BCUT2D eigenvalue weighted by atomic mass is 10.2. The summed E-state index contributed by atoms with van der Waals surface area (Å²) in [7, 11) is -2.51. The number of sulfonamides is 1. The zero-order valence-corrected chi connectivity index (χ0v) is 11.9. The maximum absolute atomic E-state index is 12.4. The molecular formula is C11H15N3O6S. The van der Waals surface area contributed by atoms with Gasteiger partial charge in [0.15, 0.2) is 0 Å². The van der Waals surface area contributed by atoms with Gasteiger partial charge >= 0.3 is 5.97 Å². The highest BCUT2D eigenvalue weighted by Gasteiger charge is 2.40. The van der Waals surface area contributed by atoms with Crippen molar-refractivity contribution in [2.75, 3.05) is 6.54 Å². The molecule has 0 bridgehead atoms. The average molecular weight is 317 g/mol. The quantitative estimate of drug-likeness (QED) is 0.608. The Kier molecular flexibility index (Phi) is 3.78. The van der Waals surface area contributed by atoms with E-state index in [1.54, 1.807) is 0 Å². The van der Waals surface area contributed by atoms with Gasteiger partial charge in [0.05, 0.1) is 6.10 Å². The number of nitrogens with zero attached hydrogens (tertiary/aromatic N) is 2. The Morgan fingerprint density at radius 1 is 1.43 bits per heavy atom. The molecule has 0 radical (unpaired) electrons. The van der Waals surface area contributed by atoms with Gasteiger partial charge in [0.2, 0.25) is 10.0 Å². The number of carbonyl (C=O) groups is 2. The van der Waals surface area contributed by atoms with E-state index < -0.39 is 34.0 Å². The Hall–Kier alpha value is -1.91. The summed E-state index contributed by atoms with van der Waals surface area (Å²) >= 11 is 0. The number of rotatable bonds is 3. The van der Waals surface area contributed by atoms with Gasteiger partial charge in [-0.3, -0.25) is 4.79 Å². The number of aliphatic hydroxyl groups excluding tert-OH is 1. The van der Waals surface area contributed by atoms with E-state index in [1.807, 2.05) is 0 Å². The lowest BCUT2D eigenvalue weighted by Crippen LogP contribution is -2.41. The summed E-state index contributed by atoms with van der Waals surface area (Å²) < 4.78 is 23.8. The molecule has 9 nitrogen and oxygen atoms in total. The maximum atomic E-state index is 12.4. The van der Waals surface area contributed by atoms with Crippen molar-refractivity contribution in [3.8, 4) is 0 Å². The first-order chi connectivity index (χ1) is 9.61. The smallest absolute Gasteiger partial charge is 0.326 e. The van der Waals surface area contributed by atoms with Gasteiger partial charge < -0.3 is 19.7 Å². The third kappa shape index (κ3) is 2.91. The van der Waals surface area contributed by atoms with E-state index in [9.17, 15) is 23.1 Å². The molecule has 2 rings (SSSR count). The van der Waals surface area contributed by atoms with Crippen molar-refractivity contribution in [1.82, 2.24) is 9.47 Å². The molecular weight excluding hydrogens is 302 g/mol. The predicted octanol–water partition coefficient (Wildman–Crippen LogP) is -1.67. The van der Waals surface area contributed by atoms with Gasteiger partial charge in [-0.1, -0.05) is 0 Å². The molecule has 0 aromatic carbocycles. The lowest BCUT2D eigenvalue weighted by Gasteiger charge is -2.21. The molecule has 1 saturated heterocycles. The molecule has 1 amide bonds. The number of aliphatic carboxylic acids is 1. The lowest BCUT2D eigenvalue weighted by molar-refractivity contribution is -0.141. The number of hydrogen-bond donors (Lipinski definition) is 3. The second kappa shape index (κ2) is 5.13. The number of primary sulfonamides is 1. The van der Waals surface area contributed by atoms with E-state index in [2.05, 4.69) is 0 Å². The van der Waals surface area contributed by atoms with Crippen LogP contribution in [-0.2, 0) is 21.9 Å². The van der Waals surface area contributed by atoms with Crippen molar-refractivity contribution in [2.24, 2.45) is 12.2 Å². The van der Waals surface area contributed by atoms with Crippen LogP contribution < -0.4 is 5.14 Å². The third-order valence-electron chi connectivity index (χ3n) is 3.35. The normalized spacial score (nSPS) is 22.5. The topological polar surface area (TPSA) is 143 Å². The van der Waals surface area contributed by atoms with Crippen LogP contribution in [-0.4, -0.2) is 58.7 Å². The third-order valence-corrected chi connectivity index (χ3v) is 4.23. The number of amides is 1.